The van der Waals surface area contributed by atoms with Crippen molar-refractivity contribution in [2.75, 3.05) is 39.6 Å². The highest BCUT2D eigenvalue weighted by Crippen LogP contribution is 2.45. The largest absolute Gasteiger partial charge is 0.472 e. The van der Waals surface area contributed by atoms with Crippen LogP contribution < -0.4 is 0 Å². The average Bonchev–Trinajstić information content (AvgIpc) is 0.900. The van der Waals surface area contributed by atoms with Crippen LogP contribution in [-0.4, -0.2) is 96.7 Å². The molecule has 0 radical (unpaired) electrons. The van der Waals surface area contributed by atoms with Gasteiger partial charge in [-0.05, 0) is 37.5 Å². The van der Waals surface area contributed by atoms with E-state index in [2.05, 4.69) is 41.5 Å². The van der Waals surface area contributed by atoms with E-state index in [9.17, 15) is 43.2 Å². The molecule has 3 N–H and O–H groups in total. The Hall–Kier alpha value is -1.94. The Kier molecular flexibility index (Phi) is 76.9. The quantitative estimate of drug-likeness (QED) is 0.0222. The van der Waals surface area contributed by atoms with Gasteiger partial charge < -0.3 is 33.8 Å². The van der Waals surface area contributed by atoms with Crippen molar-refractivity contribution < 1.29 is 80.2 Å². The summed E-state index contributed by atoms with van der Waals surface area (Å²) in [5.74, 6) is -0.498. The zero-order valence-corrected chi connectivity index (χ0v) is 71.5. The predicted molar refractivity (Wildman–Crippen MR) is 437 cm³/mol. The van der Waals surface area contributed by atoms with Crippen molar-refractivity contribution in [3.63, 3.8) is 0 Å². The summed E-state index contributed by atoms with van der Waals surface area (Å²) in [6.45, 7) is 9.73. The normalized spacial score (nSPS) is 13.8. The average molecular weight is 1550 g/mol. The van der Waals surface area contributed by atoms with Gasteiger partial charge in [-0.1, -0.05) is 414 Å². The number of carbonyl (C=O) groups is 4. The number of rotatable bonds is 86. The van der Waals surface area contributed by atoms with Gasteiger partial charge in [-0.3, -0.25) is 37.3 Å². The molecule has 0 aliphatic carbocycles. The summed E-state index contributed by atoms with van der Waals surface area (Å²) >= 11 is 0. The van der Waals surface area contributed by atoms with Crippen LogP contribution in [0.2, 0.25) is 0 Å². The highest BCUT2D eigenvalue weighted by atomic mass is 31.2. The molecule has 0 amide bonds. The maximum atomic E-state index is 13.2. The minimum absolute atomic E-state index is 0.108. The Morgan fingerprint density at radius 1 is 0.255 bits per heavy atom. The van der Waals surface area contributed by atoms with Crippen LogP contribution in [0.4, 0.5) is 0 Å². The van der Waals surface area contributed by atoms with Crippen LogP contribution in [-0.2, 0) is 65.4 Å². The first-order valence-corrected chi connectivity index (χ1v) is 48.0. The summed E-state index contributed by atoms with van der Waals surface area (Å²) < 4.78 is 68.9. The third-order valence-electron chi connectivity index (χ3n) is 20.5. The number of hydrogen-bond acceptors (Lipinski definition) is 15. The number of aliphatic hydroxyl groups excluding tert-OH is 1. The van der Waals surface area contributed by atoms with Crippen molar-refractivity contribution in [2.45, 2.75) is 484 Å². The molecule has 2 unspecified atom stereocenters. The molecule has 0 bridgehead atoms. The maximum absolute atomic E-state index is 13.2. The van der Waals surface area contributed by atoms with E-state index >= 15 is 0 Å². The van der Waals surface area contributed by atoms with Crippen LogP contribution in [0.25, 0.3) is 0 Å². The summed E-state index contributed by atoms with van der Waals surface area (Å²) in [5, 5.41) is 10.7. The minimum atomic E-state index is -4.97. The van der Waals surface area contributed by atoms with Gasteiger partial charge in [-0.2, -0.15) is 0 Å². The van der Waals surface area contributed by atoms with Crippen molar-refractivity contribution in [1.82, 2.24) is 0 Å². The first kappa shape index (κ1) is 104. The number of phosphoric acid groups is 2. The highest BCUT2D eigenvalue weighted by molar-refractivity contribution is 7.47. The molecule has 0 saturated carbocycles. The summed E-state index contributed by atoms with van der Waals surface area (Å²) in [7, 11) is -9.93. The van der Waals surface area contributed by atoms with E-state index in [4.69, 9.17) is 37.0 Å². The van der Waals surface area contributed by atoms with Gasteiger partial charge in [0, 0.05) is 25.7 Å². The van der Waals surface area contributed by atoms with Gasteiger partial charge in [0.05, 0.1) is 26.4 Å². The van der Waals surface area contributed by atoms with Crippen LogP contribution in [0.5, 0.6) is 0 Å². The summed E-state index contributed by atoms with van der Waals surface area (Å²) in [4.78, 5) is 73.3. The molecular weight excluding hydrogens is 1380 g/mol. The van der Waals surface area contributed by atoms with Gasteiger partial charge in [0.2, 0.25) is 0 Å². The Bertz CT molecular complexity index is 2030. The van der Waals surface area contributed by atoms with Crippen molar-refractivity contribution >= 4 is 39.5 Å². The van der Waals surface area contributed by atoms with Gasteiger partial charge in [-0.25, -0.2) is 9.13 Å². The van der Waals surface area contributed by atoms with E-state index in [1.165, 1.54) is 283 Å². The van der Waals surface area contributed by atoms with E-state index in [1.807, 2.05) is 0 Å². The van der Waals surface area contributed by atoms with Crippen molar-refractivity contribution in [3.8, 4) is 0 Å². The first-order chi connectivity index (χ1) is 51.4. The Labute approximate surface area is 651 Å². The van der Waals surface area contributed by atoms with Crippen molar-refractivity contribution in [1.29, 1.82) is 0 Å². The molecule has 0 aromatic rings. The number of phosphoric ester groups is 2. The molecule has 5 atom stereocenters. The van der Waals surface area contributed by atoms with Gasteiger partial charge >= 0.3 is 39.5 Å². The third-order valence-corrected chi connectivity index (χ3v) is 22.4. The fraction of sp³-hybridized carbons (Fsp3) is 0.954. The third kappa shape index (κ3) is 80.1. The second-order valence-electron chi connectivity index (χ2n) is 32.2. The molecule has 0 fully saturated rings. The second-order valence-corrected chi connectivity index (χ2v) is 35.1. The van der Waals surface area contributed by atoms with E-state index in [0.29, 0.717) is 25.7 Å². The first-order valence-electron chi connectivity index (χ1n) is 45.0. The molecule has 0 aliphatic rings. The lowest BCUT2D eigenvalue weighted by Crippen LogP contribution is -2.30. The Morgan fingerprint density at radius 3 is 0.642 bits per heavy atom. The van der Waals surface area contributed by atoms with Crippen LogP contribution in [0.3, 0.4) is 0 Å². The van der Waals surface area contributed by atoms with E-state index in [-0.39, 0.29) is 25.7 Å². The van der Waals surface area contributed by atoms with Gasteiger partial charge in [0.15, 0.2) is 12.2 Å². The smallest absolute Gasteiger partial charge is 0.462 e. The lowest BCUT2D eigenvalue weighted by atomic mass is 10.0. The zero-order chi connectivity index (χ0) is 77.8. The summed E-state index contributed by atoms with van der Waals surface area (Å²) in [6.07, 6.45) is 70.7. The second kappa shape index (κ2) is 78.3. The molecule has 19 heteroatoms. The topological polar surface area (TPSA) is 237 Å². The maximum Gasteiger partial charge on any atom is 0.472 e. The molecule has 0 rings (SSSR count). The summed E-state index contributed by atoms with van der Waals surface area (Å²) in [5.41, 5.74) is 0. The number of ether oxygens (including phenoxy) is 4. The van der Waals surface area contributed by atoms with Crippen LogP contribution >= 0.6 is 15.6 Å². The molecule has 0 aromatic heterocycles. The van der Waals surface area contributed by atoms with E-state index in [1.54, 1.807) is 0 Å². The number of unbranched alkanes of at least 4 members (excludes halogenated alkanes) is 56. The lowest BCUT2D eigenvalue weighted by Gasteiger charge is -2.21. The highest BCUT2D eigenvalue weighted by Gasteiger charge is 2.30. The minimum Gasteiger partial charge on any atom is -0.462 e. The Morgan fingerprint density at radius 2 is 0.434 bits per heavy atom. The van der Waals surface area contributed by atoms with Gasteiger partial charge in [-0.15, -0.1) is 0 Å². The summed E-state index contributed by atoms with van der Waals surface area (Å²) in [6, 6.07) is 0. The molecule has 0 heterocycles. The predicted octanol–water partition coefficient (Wildman–Crippen LogP) is 26.6. The molecule has 630 valence electrons. The van der Waals surface area contributed by atoms with Crippen LogP contribution in [0, 0.1) is 11.8 Å². The standard InChI is InChI=1S/C87H170O17P2/c1-7-9-11-13-15-17-19-20-21-22-23-24-25-28-35-41-47-53-59-65-71-86(91)104-83(76-98-85(90)70-64-58-52-46-40-34-29-26-27-32-38-43-49-55-61-67-79(3)4)78-102-106(95,96)100-74-81(88)73-99-105(93,94)101-77-82(75-97-84(89)69-63-57-51-45-37-18-16-14-12-10-8-2)103-87(92)72-66-60-54-48-42-36-31-30-33-39-44-50-56-62-68-80(5)6/h79-83,88H,7-78H2,1-6H3,(H,93,94)(H,95,96)/t81-,82+,83+/m0/s1. The van der Waals surface area contributed by atoms with E-state index in [0.717, 1.165) is 102 Å². The van der Waals surface area contributed by atoms with Crippen molar-refractivity contribution in [3.05, 3.63) is 0 Å². The number of esters is 4. The van der Waals surface area contributed by atoms with Crippen molar-refractivity contribution in [2.24, 2.45) is 11.8 Å². The van der Waals surface area contributed by atoms with E-state index < -0.39 is 97.5 Å². The van der Waals surface area contributed by atoms with Crippen LogP contribution in [0.1, 0.15) is 465 Å². The number of aliphatic hydroxyl groups is 1. The number of hydrogen-bond donors (Lipinski definition) is 3. The molecule has 0 spiro atoms. The molecule has 106 heavy (non-hydrogen) atoms. The van der Waals surface area contributed by atoms with Gasteiger partial charge in [0.25, 0.3) is 0 Å². The molecule has 0 aromatic carbocycles. The zero-order valence-electron chi connectivity index (χ0n) is 69.7. The van der Waals surface area contributed by atoms with Gasteiger partial charge in [0.1, 0.15) is 19.3 Å². The SMILES string of the molecule is CCCCCCCCCCCCCCCCCCCCCCC(=O)O[C@H](COC(=O)CCCCCCCCCCCCCCCCCC(C)C)COP(=O)(O)OC[C@@H](O)COP(=O)(O)OC[C@@H](COC(=O)CCCCCCCCCCCCC)OC(=O)CCCCCCCCCCCCCCCCC(C)C. The molecular formula is C87H170O17P2. The fourth-order valence-electron chi connectivity index (χ4n) is 13.6. The van der Waals surface area contributed by atoms with Crippen LogP contribution in [0.15, 0.2) is 0 Å². The Balaban J connectivity index is 5.24. The molecule has 17 nitrogen and oxygen atoms in total. The lowest BCUT2D eigenvalue weighted by molar-refractivity contribution is -0.161. The molecule has 0 aliphatic heterocycles. The monoisotopic (exact) mass is 1550 g/mol. The number of carbonyl (C=O) groups excluding carboxylic acids is 4. The fourth-order valence-corrected chi connectivity index (χ4v) is 15.2. The molecule has 0 saturated heterocycles.